The minimum absolute atomic E-state index is 0.315. The highest BCUT2D eigenvalue weighted by molar-refractivity contribution is 5.32. The third-order valence-corrected chi connectivity index (χ3v) is 3.70. The third-order valence-electron chi connectivity index (χ3n) is 3.70. The first-order valence-electron chi connectivity index (χ1n) is 5.57. The standard InChI is InChI=1S/C12H20O2/c1-8-11(13-2)9-6-4-5-7-10(9)12(8)14-3/h8,11-12H,4-7H2,1-3H3/t11-,12-/m0/s1. The molecule has 0 fully saturated rings. The molecule has 0 radical (unpaired) electrons. The molecule has 14 heavy (non-hydrogen) atoms. The van der Waals surface area contributed by atoms with Gasteiger partial charge in [0.25, 0.3) is 0 Å². The van der Waals surface area contributed by atoms with Gasteiger partial charge in [0.2, 0.25) is 0 Å². The molecule has 2 nitrogen and oxygen atoms in total. The Hall–Kier alpha value is -0.340. The molecule has 2 aliphatic carbocycles. The van der Waals surface area contributed by atoms with Gasteiger partial charge in [-0.2, -0.15) is 0 Å². The Bertz CT molecular complexity index is 221. The second kappa shape index (κ2) is 4.03. The van der Waals surface area contributed by atoms with Crippen LogP contribution in [0.5, 0.6) is 0 Å². The average Bonchev–Trinajstić information content (AvgIpc) is 2.49. The molecule has 0 amide bonds. The quantitative estimate of drug-likeness (QED) is 0.632. The van der Waals surface area contributed by atoms with Crippen molar-refractivity contribution in [3.8, 4) is 0 Å². The van der Waals surface area contributed by atoms with E-state index < -0.39 is 0 Å². The van der Waals surface area contributed by atoms with Crippen LogP contribution in [0.25, 0.3) is 0 Å². The van der Waals surface area contributed by atoms with Crippen molar-refractivity contribution in [1.82, 2.24) is 0 Å². The molecule has 2 rings (SSSR count). The zero-order chi connectivity index (χ0) is 10.1. The van der Waals surface area contributed by atoms with E-state index in [2.05, 4.69) is 6.92 Å². The molecule has 80 valence electrons. The zero-order valence-electron chi connectivity index (χ0n) is 9.38. The predicted molar refractivity (Wildman–Crippen MR) is 56.3 cm³/mol. The van der Waals surface area contributed by atoms with Crippen LogP contribution in [-0.2, 0) is 9.47 Å². The monoisotopic (exact) mass is 196 g/mol. The summed E-state index contributed by atoms with van der Waals surface area (Å²) in [5.41, 5.74) is 3.08. The first-order valence-corrected chi connectivity index (χ1v) is 5.57. The van der Waals surface area contributed by atoms with Crippen LogP contribution in [0.4, 0.5) is 0 Å². The Kier molecular flexibility index (Phi) is 2.93. The fraction of sp³-hybridized carbons (Fsp3) is 0.833. The fourth-order valence-corrected chi connectivity index (χ4v) is 3.11. The molecule has 0 saturated carbocycles. The number of rotatable bonds is 2. The Morgan fingerprint density at radius 3 is 1.71 bits per heavy atom. The Morgan fingerprint density at radius 1 is 0.929 bits per heavy atom. The molecule has 0 aromatic carbocycles. The van der Waals surface area contributed by atoms with Gasteiger partial charge in [0.05, 0.1) is 12.2 Å². The Labute approximate surface area is 86.3 Å². The number of hydrogen-bond acceptors (Lipinski definition) is 2. The van der Waals surface area contributed by atoms with E-state index in [0.29, 0.717) is 18.1 Å². The van der Waals surface area contributed by atoms with E-state index in [4.69, 9.17) is 9.47 Å². The molecule has 0 saturated heterocycles. The number of methoxy groups -OCH3 is 2. The number of hydrogen-bond donors (Lipinski definition) is 0. The van der Waals surface area contributed by atoms with Gasteiger partial charge in [-0.15, -0.1) is 0 Å². The summed E-state index contributed by atoms with van der Waals surface area (Å²) in [5, 5.41) is 0. The minimum Gasteiger partial charge on any atom is -0.377 e. The molecule has 0 N–H and O–H groups in total. The summed E-state index contributed by atoms with van der Waals surface area (Å²) in [7, 11) is 3.64. The van der Waals surface area contributed by atoms with Crippen LogP contribution in [0.1, 0.15) is 32.6 Å². The highest BCUT2D eigenvalue weighted by atomic mass is 16.5. The Morgan fingerprint density at radius 2 is 1.36 bits per heavy atom. The summed E-state index contributed by atoms with van der Waals surface area (Å²) >= 11 is 0. The van der Waals surface area contributed by atoms with Crippen molar-refractivity contribution in [3.05, 3.63) is 11.1 Å². The normalized spacial score (nSPS) is 33.6. The number of ether oxygens (including phenoxy) is 2. The van der Waals surface area contributed by atoms with Gasteiger partial charge >= 0.3 is 0 Å². The van der Waals surface area contributed by atoms with Crippen molar-refractivity contribution < 1.29 is 9.47 Å². The highest BCUT2D eigenvalue weighted by Crippen LogP contribution is 2.42. The van der Waals surface area contributed by atoms with Crippen molar-refractivity contribution in [2.75, 3.05) is 14.2 Å². The van der Waals surface area contributed by atoms with Crippen molar-refractivity contribution in [2.24, 2.45) is 5.92 Å². The molecule has 2 atom stereocenters. The van der Waals surface area contributed by atoms with Gasteiger partial charge < -0.3 is 9.47 Å². The Balaban J connectivity index is 2.27. The molecule has 0 aliphatic heterocycles. The largest absolute Gasteiger partial charge is 0.377 e. The van der Waals surface area contributed by atoms with Gasteiger partial charge in [0, 0.05) is 20.1 Å². The van der Waals surface area contributed by atoms with Crippen LogP contribution < -0.4 is 0 Å². The van der Waals surface area contributed by atoms with Crippen molar-refractivity contribution in [3.63, 3.8) is 0 Å². The lowest BCUT2D eigenvalue weighted by Crippen LogP contribution is -2.26. The third kappa shape index (κ3) is 1.41. The summed E-state index contributed by atoms with van der Waals surface area (Å²) in [4.78, 5) is 0. The van der Waals surface area contributed by atoms with Crippen LogP contribution in [0.2, 0.25) is 0 Å². The summed E-state index contributed by atoms with van der Waals surface area (Å²) in [6.45, 7) is 2.24. The molecule has 0 unspecified atom stereocenters. The average molecular weight is 196 g/mol. The van der Waals surface area contributed by atoms with E-state index >= 15 is 0 Å². The smallest absolute Gasteiger partial charge is 0.0838 e. The molecule has 0 aromatic rings. The van der Waals surface area contributed by atoms with Gasteiger partial charge in [0.15, 0.2) is 0 Å². The van der Waals surface area contributed by atoms with Gasteiger partial charge in [-0.05, 0) is 36.8 Å². The minimum atomic E-state index is 0.315. The lowest BCUT2D eigenvalue weighted by atomic mass is 9.92. The molecule has 0 heterocycles. The van der Waals surface area contributed by atoms with E-state index in [1.807, 2.05) is 14.2 Å². The van der Waals surface area contributed by atoms with E-state index in [9.17, 15) is 0 Å². The van der Waals surface area contributed by atoms with E-state index in [0.717, 1.165) is 0 Å². The summed E-state index contributed by atoms with van der Waals surface area (Å²) in [6, 6.07) is 0. The van der Waals surface area contributed by atoms with Crippen LogP contribution in [0.15, 0.2) is 11.1 Å². The van der Waals surface area contributed by atoms with Crippen molar-refractivity contribution in [2.45, 2.75) is 44.8 Å². The predicted octanol–water partition coefficient (Wildman–Crippen LogP) is 2.54. The van der Waals surface area contributed by atoms with Crippen molar-refractivity contribution in [1.29, 1.82) is 0 Å². The van der Waals surface area contributed by atoms with E-state index in [-0.39, 0.29) is 0 Å². The van der Waals surface area contributed by atoms with Gasteiger partial charge in [0.1, 0.15) is 0 Å². The molecule has 2 aliphatic rings. The van der Waals surface area contributed by atoms with Crippen LogP contribution in [0, 0.1) is 5.92 Å². The van der Waals surface area contributed by atoms with E-state index in [1.165, 1.54) is 36.8 Å². The maximum Gasteiger partial charge on any atom is 0.0838 e. The van der Waals surface area contributed by atoms with Crippen molar-refractivity contribution >= 4 is 0 Å². The summed E-state index contributed by atoms with van der Waals surface area (Å²) in [6.07, 6.45) is 5.71. The van der Waals surface area contributed by atoms with Gasteiger partial charge in [-0.25, -0.2) is 0 Å². The van der Waals surface area contributed by atoms with Crippen LogP contribution in [-0.4, -0.2) is 26.4 Å². The second-order valence-electron chi connectivity index (χ2n) is 4.43. The second-order valence-corrected chi connectivity index (χ2v) is 4.43. The van der Waals surface area contributed by atoms with Crippen LogP contribution >= 0.6 is 0 Å². The lowest BCUT2D eigenvalue weighted by Gasteiger charge is -2.20. The van der Waals surface area contributed by atoms with Crippen LogP contribution in [0.3, 0.4) is 0 Å². The zero-order valence-corrected chi connectivity index (χ0v) is 9.38. The summed E-state index contributed by atoms with van der Waals surface area (Å²) < 4.78 is 11.2. The van der Waals surface area contributed by atoms with E-state index in [1.54, 1.807) is 0 Å². The maximum absolute atomic E-state index is 5.59. The molecule has 2 heteroatoms. The first-order chi connectivity index (χ1) is 6.79. The SMILES string of the molecule is CO[C@@H]1C2=C(CCCC2)[C@@H](OC)C1C. The lowest BCUT2D eigenvalue weighted by molar-refractivity contribution is 0.0256. The summed E-state index contributed by atoms with van der Waals surface area (Å²) in [5.74, 6) is 0.494. The molecule has 0 bridgehead atoms. The maximum atomic E-state index is 5.59. The van der Waals surface area contributed by atoms with Gasteiger partial charge in [-0.1, -0.05) is 6.92 Å². The molecular formula is C12H20O2. The highest BCUT2D eigenvalue weighted by Gasteiger charge is 2.40. The van der Waals surface area contributed by atoms with Gasteiger partial charge in [-0.3, -0.25) is 0 Å². The molecular weight excluding hydrogens is 176 g/mol. The topological polar surface area (TPSA) is 18.5 Å². The fourth-order valence-electron chi connectivity index (χ4n) is 3.11. The first kappa shape index (κ1) is 10.2. The molecule has 0 aromatic heterocycles. The molecule has 0 spiro atoms.